The monoisotopic (exact) mass is 452 g/mol. The zero-order valence-electron chi connectivity index (χ0n) is 15.4. The van der Waals surface area contributed by atoms with Crippen molar-refractivity contribution in [3.8, 4) is 5.75 Å². The second-order valence-corrected chi connectivity index (χ2v) is 8.37. The van der Waals surface area contributed by atoms with Crippen molar-refractivity contribution in [2.24, 2.45) is 0 Å². The smallest absolute Gasteiger partial charge is 0.262 e. The fourth-order valence-electron chi connectivity index (χ4n) is 3.08. The standard InChI is InChI=1S/C20H25BrN2O3S/c1-23(16-5-9-25-10-6-16)8-11-26-17-4-2-3-15(13-17)14-22-20(24)19-18(21)7-12-27-19/h2-4,7,12-13,16H,5-6,8-11,14H2,1H3,(H,22,24). The third kappa shape index (κ3) is 6.04. The van der Waals surface area contributed by atoms with Gasteiger partial charge >= 0.3 is 0 Å². The molecular formula is C20H25BrN2O3S. The van der Waals surface area contributed by atoms with Gasteiger partial charge in [0.15, 0.2) is 0 Å². The molecule has 1 saturated heterocycles. The topological polar surface area (TPSA) is 50.8 Å². The molecule has 0 saturated carbocycles. The zero-order valence-corrected chi connectivity index (χ0v) is 17.9. The van der Waals surface area contributed by atoms with E-state index in [1.165, 1.54) is 11.3 Å². The maximum Gasteiger partial charge on any atom is 0.262 e. The minimum Gasteiger partial charge on any atom is -0.492 e. The first kappa shape index (κ1) is 20.3. The van der Waals surface area contributed by atoms with E-state index in [1.807, 2.05) is 35.7 Å². The van der Waals surface area contributed by atoms with Crippen LogP contribution in [0.3, 0.4) is 0 Å². The van der Waals surface area contributed by atoms with E-state index in [1.54, 1.807) is 0 Å². The van der Waals surface area contributed by atoms with Crippen LogP contribution in [0, 0.1) is 0 Å². The average molecular weight is 453 g/mol. The van der Waals surface area contributed by atoms with E-state index < -0.39 is 0 Å². The van der Waals surface area contributed by atoms with Gasteiger partial charge in [-0.3, -0.25) is 9.69 Å². The fraction of sp³-hybridized carbons (Fsp3) is 0.450. The number of hydrogen-bond donors (Lipinski definition) is 1. The van der Waals surface area contributed by atoms with Crippen LogP contribution < -0.4 is 10.1 Å². The largest absolute Gasteiger partial charge is 0.492 e. The van der Waals surface area contributed by atoms with E-state index in [2.05, 4.69) is 33.2 Å². The van der Waals surface area contributed by atoms with E-state index in [0.717, 1.165) is 48.4 Å². The molecule has 0 spiro atoms. The van der Waals surface area contributed by atoms with Gasteiger partial charge in [-0.1, -0.05) is 12.1 Å². The van der Waals surface area contributed by atoms with Crippen LogP contribution in [0.4, 0.5) is 0 Å². The molecule has 2 heterocycles. The molecule has 0 atom stereocenters. The number of thiophene rings is 1. The number of carbonyl (C=O) groups is 1. The normalized spacial score (nSPS) is 15.1. The Balaban J connectivity index is 1.44. The maximum absolute atomic E-state index is 12.2. The van der Waals surface area contributed by atoms with Gasteiger partial charge in [0.05, 0.1) is 0 Å². The van der Waals surface area contributed by atoms with Gasteiger partial charge in [-0.2, -0.15) is 0 Å². The highest BCUT2D eigenvalue weighted by molar-refractivity contribution is 9.10. The fourth-order valence-corrected chi connectivity index (χ4v) is 4.55. The highest BCUT2D eigenvalue weighted by Gasteiger charge is 2.18. The molecule has 0 bridgehead atoms. The Kier molecular flexibility index (Phi) is 7.70. The van der Waals surface area contributed by atoms with Crippen molar-refractivity contribution in [2.75, 3.05) is 33.4 Å². The van der Waals surface area contributed by atoms with Gasteiger partial charge in [-0.25, -0.2) is 0 Å². The second-order valence-electron chi connectivity index (χ2n) is 6.60. The van der Waals surface area contributed by atoms with Crippen LogP contribution in [0.25, 0.3) is 0 Å². The molecular weight excluding hydrogens is 428 g/mol. The average Bonchev–Trinajstić information content (AvgIpc) is 3.13. The van der Waals surface area contributed by atoms with Gasteiger partial charge in [0, 0.05) is 36.8 Å². The summed E-state index contributed by atoms with van der Waals surface area (Å²) < 4.78 is 12.2. The van der Waals surface area contributed by atoms with Crippen LogP contribution in [-0.4, -0.2) is 50.3 Å². The van der Waals surface area contributed by atoms with Crippen LogP contribution >= 0.6 is 27.3 Å². The number of benzene rings is 1. The van der Waals surface area contributed by atoms with Crippen LogP contribution in [0.5, 0.6) is 5.75 Å². The van der Waals surface area contributed by atoms with Gasteiger partial charge in [0.2, 0.25) is 0 Å². The summed E-state index contributed by atoms with van der Waals surface area (Å²) in [4.78, 5) is 15.3. The second kappa shape index (κ2) is 10.2. The van der Waals surface area contributed by atoms with E-state index in [4.69, 9.17) is 9.47 Å². The summed E-state index contributed by atoms with van der Waals surface area (Å²) in [6.45, 7) is 3.71. The molecule has 1 aromatic heterocycles. The summed E-state index contributed by atoms with van der Waals surface area (Å²) in [6.07, 6.45) is 2.18. The lowest BCUT2D eigenvalue weighted by Crippen LogP contribution is -2.38. The van der Waals surface area contributed by atoms with Gasteiger partial charge in [0.25, 0.3) is 5.91 Å². The predicted molar refractivity (Wildman–Crippen MR) is 112 cm³/mol. The molecule has 0 unspecified atom stereocenters. The number of nitrogens with one attached hydrogen (secondary N) is 1. The Hall–Kier alpha value is -1.41. The SMILES string of the molecule is CN(CCOc1cccc(CNC(=O)c2sccc2Br)c1)C1CCOCC1. The van der Waals surface area contributed by atoms with Crippen molar-refractivity contribution in [1.82, 2.24) is 10.2 Å². The van der Waals surface area contributed by atoms with Gasteiger partial charge in [0.1, 0.15) is 17.2 Å². The summed E-state index contributed by atoms with van der Waals surface area (Å²) in [5, 5.41) is 4.85. The third-order valence-electron chi connectivity index (χ3n) is 4.70. The first-order valence-electron chi connectivity index (χ1n) is 9.14. The molecule has 7 heteroatoms. The summed E-state index contributed by atoms with van der Waals surface area (Å²) in [6, 6.07) is 10.4. The van der Waals surface area contributed by atoms with Crippen LogP contribution in [0.15, 0.2) is 40.2 Å². The van der Waals surface area contributed by atoms with Gasteiger partial charge < -0.3 is 14.8 Å². The first-order chi connectivity index (χ1) is 13.1. The highest BCUT2D eigenvalue weighted by atomic mass is 79.9. The summed E-state index contributed by atoms with van der Waals surface area (Å²) in [5.74, 6) is 0.765. The van der Waals surface area contributed by atoms with E-state index in [0.29, 0.717) is 24.1 Å². The van der Waals surface area contributed by atoms with Crippen molar-refractivity contribution in [3.05, 3.63) is 50.6 Å². The minimum atomic E-state index is -0.0683. The lowest BCUT2D eigenvalue weighted by Gasteiger charge is -2.31. The zero-order chi connectivity index (χ0) is 19.1. The Morgan fingerprint density at radius 3 is 2.93 bits per heavy atom. The number of carbonyl (C=O) groups excluding carboxylic acids is 1. The molecule has 0 radical (unpaired) electrons. The quantitative estimate of drug-likeness (QED) is 0.658. The number of ether oxygens (including phenoxy) is 2. The number of likely N-dealkylation sites (N-methyl/N-ethyl adjacent to an activating group) is 1. The third-order valence-corrected chi connectivity index (χ3v) is 6.54. The minimum absolute atomic E-state index is 0.0683. The van der Waals surface area contributed by atoms with Crippen LogP contribution in [0.2, 0.25) is 0 Å². The molecule has 1 fully saturated rings. The molecule has 1 amide bonds. The summed E-state index contributed by atoms with van der Waals surface area (Å²) >= 11 is 4.82. The summed E-state index contributed by atoms with van der Waals surface area (Å²) in [5.41, 5.74) is 1.02. The summed E-state index contributed by atoms with van der Waals surface area (Å²) in [7, 11) is 2.15. The Morgan fingerprint density at radius 2 is 2.19 bits per heavy atom. The van der Waals surface area contributed by atoms with Crippen LogP contribution in [0.1, 0.15) is 28.1 Å². The number of hydrogen-bond acceptors (Lipinski definition) is 5. The highest BCUT2D eigenvalue weighted by Crippen LogP contribution is 2.22. The Bertz CT molecular complexity index is 746. The van der Waals surface area contributed by atoms with Crippen molar-refractivity contribution in [3.63, 3.8) is 0 Å². The molecule has 1 aromatic carbocycles. The number of halogens is 1. The molecule has 2 aromatic rings. The maximum atomic E-state index is 12.2. The molecule has 0 aliphatic carbocycles. The molecule has 27 heavy (non-hydrogen) atoms. The predicted octanol–water partition coefficient (Wildman–Crippen LogP) is 3.93. The number of amides is 1. The Labute approximate surface area is 172 Å². The first-order valence-corrected chi connectivity index (χ1v) is 10.8. The number of nitrogens with zero attached hydrogens (tertiary/aromatic N) is 1. The molecule has 146 valence electrons. The molecule has 1 aliphatic rings. The molecule has 1 aliphatic heterocycles. The van der Waals surface area contributed by atoms with Crippen molar-refractivity contribution < 1.29 is 14.3 Å². The molecule has 5 nitrogen and oxygen atoms in total. The van der Waals surface area contributed by atoms with E-state index in [-0.39, 0.29) is 5.91 Å². The lowest BCUT2D eigenvalue weighted by atomic mass is 10.1. The van der Waals surface area contributed by atoms with Crippen LogP contribution in [-0.2, 0) is 11.3 Å². The van der Waals surface area contributed by atoms with Crippen molar-refractivity contribution in [2.45, 2.75) is 25.4 Å². The van der Waals surface area contributed by atoms with E-state index in [9.17, 15) is 4.79 Å². The molecule has 3 rings (SSSR count). The van der Waals surface area contributed by atoms with Gasteiger partial charge in [-0.15, -0.1) is 11.3 Å². The Morgan fingerprint density at radius 1 is 1.37 bits per heavy atom. The number of rotatable bonds is 8. The van der Waals surface area contributed by atoms with E-state index >= 15 is 0 Å². The lowest BCUT2D eigenvalue weighted by molar-refractivity contribution is 0.0392. The van der Waals surface area contributed by atoms with Crippen molar-refractivity contribution in [1.29, 1.82) is 0 Å². The van der Waals surface area contributed by atoms with Crippen molar-refractivity contribution >= 4 is 33.2 Å². The molecule has 1 N–H and O–H groups in total. The van der Waals surface area contributed by atoms with Gasteiger partial charge in [-0.05, 0) is 65.0 Å².